The van der Waals surface area contributed by atoms with Crippen molar-refractivity contribution in [3.63, 3.8) is 0 Å². The molecule has 1 rings (SSSR count). The van der Waals surface area contributed by atoms with Gasteiger partial charge in [-0.25, -0.2) is 0 Å². The Morgan fingerprint density at radius 2 is 2.06 bits per heavy atom. The number of amides is 2. The van der Waals surface area contributed by atoms with E-state index in [9.17, 15) is 9.59 Å². The minimum atomic E-state index is -0.285. The third kappa shape index (κ3) is 3.48. The summed E-state index contributed by atoms with van der Waals surface area (Å²) in [5.41, 5.74) is 5.14. The summed E-state index contributed by atoms with van der Waals surface area (Å²) in [5.74, 6) is 0.901. The number of rotatable bonds is 3. The molecule has 0 spiro atoms. The van der Waals surface area contributed by atoms with Crippen molar-refractivity contribution in [2.24, 2.45) is 17.6 Å². The zero-order valence-corrected chi connectivity index (χ0v) is 10.0. The maximum atomic E-state index is 11.7. The molecule has 5 heteroatoms. The van der Waals surface area contributed by atoms with Gasteiger partial charge >= 0.3 is 0 Å². The second-order valence-corrected chi connectivity index (χ2v) is 4.56. The molecular formula is C11H21N3O2. The van der Waals surface area contributed by atoms with Gasteiger partial charge in [0.05, 0.1) is 13.1 Å². The Kier molecular flexibility index (Phi) is 4.73. The molecule has 1 aliphatic rings. The van der Waals surface area contributed by atoms with Gasteiger partial charge in [0.15, 0.2) is 0 Å². The molecular weight excluding hydrogens is 206 g/mol. The zero-order chi connectivity index (χ0) is 12.1. The van der Waals surface area contributed by atoms with E-state index in [1.807, 2.05) is 4.90 Å². The van der Waals surface area contributed by atoms with Crippen LogP contribution in [0.1, 0.15) is 20.3 Å². The minimum Gasteiger partial charge on any atom is -0.346 e. The predicted octanol–water partition coefficient (Wildman–Crippen LogP) is -0.434. The molecule has 0 saturated carbocycles. The number of carbonyl (C=O) groups is 2. The highest BCUT2D eigenvalue weighted by Crippen LogP contribution is 2.22. The molecule has 16 heavy (non-hydrogen) atoms. The Balaban J connectivity index is 2.34. The van der Waals surface area contributed by atoms with Gasteiger partial charge in [-0.05, 0) is 18.3 Å². The van der Waals surface area contributed by atoms with E-state index in [-0.39, 0.29) is 24.9 Å². The monoisotopic (exact) mass is 227 g/mol. The summed E-state index contributed by atoms with van der Waals surface area (Å²) in [6, 6.07) is 0. The molecule has 0 aromatic rings. The summed E-state index contributed by atoms with van der Waals surface area (Å²) in [5, 5.41) is 2.50. The number of nitrogens with zero attached hydrogens (tertiary/aromatic N) is 1. The number of nitrogens with one attached hydrogen (secondary N) is 1. The van der Waals surface area contributed by atoms with Gasteiger partial charge in [-0.15, -0.1) is 0 Å². The molecule has 1 saturated heterocycles. The van der Waals surface area contributed by atoms with E-state index >= 15 is 0 Å². The standard InChI is InChI=1S/C11H21N3O2/c1-8-3-4-14(7-9(8)2)11(16)6-13-10(15)5-12/h8-9H,3-7,12H2,1-2H3,(H,13,15). The van der Waals surface area contributed by atoms with E-state index in [1.165, 1.54) is 0 Å². The van der Waals surface area contributed by atoms with E-state index in [2.05, 4.69) is 19.2 Å². The Morgan fingerprint density at radius 3 is 2.62 bits per heavy atom. The van der Waals surface area contributed by atoms with Crippen molar-refractivity contribution in [1.29, 1.82) is 0 Å². The van der Waals surface area contributed by atoms with E-state index in [0.29, 0.717) is 11.8 Å². The summed E-state index contributed by atoms with van der Waals surface area (Å²) in [6.07, 6.45) is 1.04. The normalized spacial score (nSPS) is 25.3. The van der Waals surface area contributed by atoms with Crippen LogP contribution in [0.5, 0.6) is 0 Å². The van der Waals surface area contributed by atoms with E-state index in [1.54, 1.807) is 0 Å². The second-order valence-electron chi connectivity index (χ2n) is 4.56. The molecule has 1 aliphatic heterocycles. The van der Waals surface area contributed by atoms with E-state index in [4.69, 9.17) is 5.73 Å². The van der Waals surface area contributed by atoms with Crippen LogP contribution in [0, 0.1) is 11.8 Å². The fourth-order valence-electron chi connectivity index (χ4n) is 1.85. The lowest BCUT2D eigenvalue weighted by molar-refractivity contribution is -0.134. The number of piperidine rings is 1. The fourth-order valence-corrected chi connectivity index (χ4v) is 1.85. The van der Waals surface area contributed by atoms with Crippen LogP contribution in [0.4, 0.5) is 0 Å². The van der Waals surface area contributed by atoms with Crippen LogP contribution < -0.4 is 11.1 Å². The van der Waals surface area contributed by atoms with Gasteiger partial charge in [0.2, 0.25) is 11.8 Å². The second kappa shape index (κ2) is 5.84. The van der Waals surface area contributed by atoms with Crippen LogP contribution in [0.2, 0.25) is 0 Å². The van der Waals surface area contributed by atoms with Crippen LogP contribution >= 0.6 is 0 Å². The average molecular weight is 227 g/mol. The van der Waals surface area contributed by atoms with Gasteiger partial charge in [-0.2, -0.15) is 0 Å². The zero-order valence-electron chi connectivity index (χ0n) is 10.0. The van der Waals surface area contributed by atoms with Crippen LogP contribution in [0.25, 0.3) is 0 Å². The Labute approximate surface area is 96.4 Å². The van der Waals surface area contributed by atoms with Crippen molar-refractivity contribution in [2.75, 3.05) is 26.2 Å². The minimum absolute atomic E-state index is 0.0134. The summed E-state index contributed by atoms with van der Waals surface area (Å²) in [4.78, 5) is 24.5. The van der Waals surface area contributed by atoms with Crippen molar-refractivity contribution in [3.05, 3.63) is 0 Å². The van der Waals surface area contributed by atoms with Crippen LogP contribution in [-0.4, -0.2) is 42.9 Å². The Bertz CT molecular complexity index is 268. The summed E-state index contributed by atoms with van der Waals surface area (Å²) in [6.45, 7) is 5.95. The first-order valence-corrected chi connectivity index (χ1v) is 5.79. The number of nitrogens with two attached hydrogens (primary N) is 1. The maximum Gasteiger partial charge on any atom is 0.241 e. The topological polar surface area (TPSA) is 75.4 Å². The quantitative estimate of drug-likeness (QED) is 0.686. The highest BCUT2D eigenvalue weighted by molar-refractivity contribution is 5.85. The fraction of sp³-hybridized carbons (Fsp3) is 0.818. The van der Waals surface area contributed by atoms with Gasteiger partial charge in [-0.1, -0.05) is 13.8 Å². The number of carbonyl (C=O) groups excluding carboxylic acids is 2. The van der Waals surface area contributed by atoms with Gasteiger partial charge in [0, 0.05) is 13.1 Å². The molecule has 2 unspecified atom stereocenters. The van der Waals surface area contributed by atoms with Crippen molar-refractivity contribution in [1.82, 2.24) is 10.2 Å². The molecule has 0 radical (unpaired) electrons. The molecule has 1 heterocycles. The molecule has 3 N–H and O–H groups in total. The van der Waals surface area contributed by atoms with Crippen molar-refractivity contribution in [3.8, 4) is 0 Å². The lowest BCUT2D eigenvalue weighted by atomic mass is 9.89. The average Bonchev–Trinajstić information content (AvgIpc) is 2.29. The van der Waals surface area contributed by atoms with Gasteiger partial charge in [-0.3, -0.25) is 9.59 Å². The highest BCUT2D eigenvalue weighted by atomic mass is 16.2. The highest BCUT2D eigenvalue weighted by Gasteiger charge is 2.25. The number of likely N-dealkylation sites (tertiary alicyclic amines) is 1. The smallest absolute Gasteiger partial charge is 0.241 e. The molecule has 0 aliphatic carbocycles. The number of hydrogen-bond donors (Lipinski definition) is 2. The molecule has 0 aromatic heterocycles. The lowest BCUT2D eigenvalue weighted by Gasteiger charge is -2.35. The Morgan fingerprint density at radius 1 is 1.38 bits per heavy atom. The van der Waals surface area contributed by atoms with Crippen molar-refractivity contribution in [2.45, 2.75) is 20.3 Å². The first kappa shape index (κ1) is 13.0. The molecule has 1 fully saturated rings. The lowest BCUT2D eigenvalue weighted by Crippen LogP contribution is -2.47. The summed E-state index contributed by atoms with van der Waals surface area (Å²) < 4.78 is 0. The molecule has 2 atom stereocenters. The number of hydrogen-bond acceptors (Lipinski definition) is 3. The SMILES string of the molecule is CC1CCN(C(=O)CNC(=O)CN)CC1C. The third-order valence-electron chi connectivity index (χ3n) is 3.31. The molecule has 2 amide bonds. The van der Waals surface area contributed by atoms with E-state index < -0.39 is 0 Å². The van der Waals surface area contributed by atoms with Gasteiger partial charge in [0.1, 0.15) is 0 Å². The molecule has 92 valence electrons. The third-order valence-corrected chi connectivity index (χ3v) is 3.31. The molecule has 0 aromatic carbocycles. The predicted molar refractivity (Wildman–Crippen MR) is 61.6 cm³/mol. The van der Waals surface area contributed by atoms with Crippen LogP contribution in [0.15, 0.2) is 0 Å². The first-order chi connectivity index (χ1) is 7.54. The van der Waals surface area contributed by atoms with Crippen LogP contribution in [-0.2, 0) is 9.59 Å². The van der Waals surface area contributed by atoms with Gasteiger partial charge in [0.25, 0.3) is 0 Å². The molecule has 5 nitrogen and oxygen atoms in total. The van der Waals surface area contributed by atoms with Crippen molar-refractivity contribution >= 4 is 11.8 Å². The summed E-state index contributed by atoms with van der Waals surface area (Å²) >= 11 is 0. The summed E-state index contributed by atoms with van der Waals surface area (Å²) in [7, 11) is 0. The maximum absolute atomic E-state index is 11.7. The van der Waals surface area contributed by atoms with E-state index in [0.717, 1.165) is 19.5 Å². The van der Waals surface area contributed by atoms with Crippen LogP contribution in [0.3, 0.4) is 0 Å². The first-order valence-electron chi connectivity index (χ1n) is 5.79. The van der Waals surface area contributed by atoms with Gasteiger partial charge < -0.3 is 16.0 Å². The largest absolute Gasteiger partial charge is 0.346 e. The Hall–Kier alpha value is -1.10. The van der Waals surface area contributed by atoms with Crippen molar-refractivity contribution < 1.29 is 9.59 Å². The molecule has 0 bridgehead atoms.